The van der Waals surface area contributed by atoms with E-state index < -0.39 is 21.7 Å². The van der Waals surface area contributed by atoms with Gasteiger partial charge in [0.25, 0.3) is 10.1 Å². The molecule has 1 radical (unpaired) electrons. The fraction of sp³-hybridized carbons (Fsp3) is 1.00. The van der Waals surface area contributed by atoms with Crippen LogP contribution in [-0.2, 0) is 10.1 Å². The van der Waals surface area contributed by atoms with Gasteiger partial charge in [0.15, 0.2) is 6.29 Å². The summed E-state index contributed by atoms with van der Waals surface area (Å²) in [5.41, 5.74) is 0. The molecule has 7 heteroatoms. The van der Waals surface area contributed by atoms with Crippen LogP contribution >= 0.6 is 0 Å². The van der Waals surface area contributed by atoms with Gasteiger partial charge in [-0.2, -0.15) is 8.42 Å². The molecule has 57 valence electrons. The molecule has 0 aliphatic carbocycles. The first-order valence-corrected chi connectivity index (χ1v) is 3.68. The predicted molar refractivity (Wildman–Crippen MR) is 35.0 cm³/mol. The first-order chi connectivity index (χ1) is 3.85. The van der Waals surface area contributed by atoms with Crippen LogP contribution in [0.4, 0.5) is 0 Å². The van der Waals surface area contributed by atoms with Crippen LogP contribution in [0.5, 0.6) is 0 Å². The first kappa shape index (κ1) is 13.4. The molecule has 0 rings (SSSR count). The Bertz CT molecular complexity index is 173. The van der Waals surface area contributed by atoms with Crippen molar-refractivity contribution in [3.05, 3.63) is 0 Å². The average molecular weight is 179 g/mol. The molecule has 0 aromatic carbocycles. The molecule has 1 atom stereocenters. The maximum atomic E-state index is 10.0. The summed E-state index contributed by atoms with van der Waals surface area (Å²) in [5.74, 6) is 0. The Morgan fingerprint density at radius 1 is 1.30 bits per heavy atom. The minimum Gasteiger partial charge on any atom is -0.367 e. The zero-order chi connectivity index (χ0) is 7.65. The van der Waals surface area contributed by atoms with Crippen LogP contribution < -0.4 is 0 Å². The molecule has 0 fully saturated rings. The normalized spacial score (nSPS) is 14.5. The fourth-order valence-corrected chi connectivity index (χ4v) is 0.461. The van der Waals surface area contributed by atoms with Crippen molar-refractivity contribution in [2.24, 2.45) is 0 Å². The molecule has 3 N–H and O–H groups in total. The Hall–Kier alpha value is 0.830. The quantitative estimate of drug-likeness (QED) is 0.264. The van der Waals surface area contributed by atoms with Crippen molar-refractivity contribution in [1.29, 1.82) is 0 Å². The van der Waals surface area contributed by atoms with Gasteiger partial charge in [-0.3, -0.25) is 4.55 Å². The van der Waals surface area contributed by atoms with E-state index in [1.165, 1.54) is 0 Å². The third kappa shape index (κ3) is 4.62. The van der Waals surface area contributed by atoms with Crippen molar-refractivity contribution >= 4 is 39.7 Å². The summed E-state index contributed by atoms with van der Waals surface area (Å²) in [6.45, 7) is 0.986. The molecule has 0 saturated heterocycles. The zero-order valence-corrected chi connectivity index (χ0v) is 8.54. The van der Waals surface area contributed by atoms with Gasteiger partial charge in [0.1, 0.15) is 5.25 Å². The first-order valence-electron chi connectivity index (χ1n) is 2.18. The summed E-state index contributed by atoms with van der Waals surface area (Å²) < 4.78 is 28.1. The van der Waals surface area contributed by atoms with Gasteiger partial charge >= 0.3 is 0 Å². The minimum absolute atomic E-state index is 0. The van der Waals surface area contributed by atoms with Gasteiger partial charge in [-0.1, -0.05) is 0 Å². The van der Waals surface area contributed by atoms with Gasteiger partial charge in [0.05, 0.1) is 0 Å². The molecule has 0 aliphatic heterocycles. The van der Waals surface area contributed by atoms with Crippen molar-refractivity contribution in [2.75, 3.05) is 0 Å². The summed E-state index contributed by atoms with van der Waals surface area (Å²) in [7, 11) is -4.30. The molecule has 0 heterocycles. The summed E-state index contributed by atoms with van der Waals surface area (Å²) in [4.78, 5) is 0. The van der Waals surface area contributed by atoms with Crippen LogP contribution in [0, 0.1) is 0 Å². The Kier molecular flexibility index (Phi) is 6.25. The van der Waals surface area contributed by atoms with Crippen LogP contribution in [0.3, 0.4) is 0 Å². The van der Waals surface area contributed by atoms with E-state index in [2.05, 4.69) is 0 Å². The Balaban J connectivity index is 0. The van der Waals surface area contributed by atoms with Gasteiger partial charge in [0, 0.05) is 29.6 Å². The Morgan fingerprint density at radius 3 is 1.60 bits per heavy atom. The predicted octanol–water partition coefficient (Wildman–Crippen LogP) is -1.81. The van der Waals surface area contributed by atoms with Crippen LogP contribution in [0.1, 0.15) is 6.92 Å². The van der Waals surface area contributed by atoms with Gasteiger partial charge in [-0.05, 0) is 6.92 Å². The van der Waals surface area contributed by atoms with E-state index in [0.29, 0.717) is 0 Å². The van der Waals surface area contributed by atoms with E-state index in [1.807, 2.05) is 0 Å². The van der Waals surface area contributed by atoms with Crippen molar-refractivity contribution in [3.63, 3.8) is 0 Å². The molecule has 5 nitrogen and oxygen atoms in total. The van der Waals surface area contributed by atoms with E-state index in [4.69, 9.17) is 14.8 Å². The molecular weight excluding hydrogens is 171 g/mol. The monoisotopic (exact) mass is 179 g/mol. The summed E-state index contributed by atoms with van der Waals surface area (Å²) in [5, 5.41) is 14.8. The second-order valence-electron chi connectivity index (χ2n) is 1.63. The standard InChI is InChI=1S/C3H8O5S.Na/c1-2(3(4)5)9(6,7)8;/h2-5H,1H3,(H,6,7,8);. The zero-order valence-electron chi connectivity index (χ0n) is 5.72. The largest absolute Gasteiger partial charge is 0.367 e. The molecule has 0 saturated carbocycles. The second kappa shape index (κ2) is 4.66. The molecule has 1 unspecified atom stereocenters. The summed E-state index contributed by atoms with van der Waals surface area (Å²) in [6, 6.07) is 0. The van der Waals surface area contributed by atoms with Crippen molar-refractivity contribution in [3.8, 4) is 0 Å². The third-order valence-electron chi connectivity index (χ3n) is 0.890. The topological polar surface area (TPSA) is 94.8 Å². The van der Waals surface area contributed by atoms with Gasteiger partial charge in [-0.25, -0.2) is 0 Å². The number of hydrogen-bond acceptors (Lipinski definition) is 4. The van der Waals surface area contributed by atoms with Crippen LogP contribution in [0.15, 0.2) is 0 Å². The van der Waals surface area contributed by atoms with Gasteiger partial charge < -0.3 is 10.2 Å². The van der Waals surface area contributed by atoms with Crippen molar-refractivity contribution < 1.29 is 23.2 Å². The second-order valence-corrected chi connectivity index (χ2v) is 3.41. The molecule has 0 aromatic rings. The molecular formula is C3H8NaO5S. The summed E-state index contributed by atoms with van der Waals surface area (Å²) >= 11 is 0. The summed E-state index contributed by atoms with van der Waals surface area (Å²) in [6.07, 6.45) is -2.03. The van der Waals surface area contributed by atoms with Crippen LogP contribution in [0.2, 0.25) is 0 Å². The van der Waals surface area contributed by atoms with Crippen molar-refractivity contribution in [2.45, 2.75) is 18.5 Å². The van der Waals surface area contributed by atoms with E-state index in [0.717, 1.165) is 6.92 Å². The van der Waals surface area contributed by atoms with E-state index in [1.54, 1.807) is 0 Å². The van der Waals surface area contributed by atoms with E-state index in [9.17, 15) is 8.42 Å². The molecule has 0 bridgehead atoms. The average Bonchev–Trinajstić information content (AvgIpc) is 1.62. The molecule has 0 amide bonds. The third-order valence-corrected chi connectivity index (χ3v) is 2.07. The minimum atomic E-state index is -4.30. The maximum absolute atomic E-state index is 10.0. The number of rotatable bonds is 2. The molecule has 0 aromatic heterocycles. The number of aliphatic hydroxyl groups is 2. The molecule has 0 aliphatic rings. The van der Waals surface area contributed by atoms with Gasteiger partial charge in [0.2, 0.25) is 0 Å². The molecule has 10 heavy (non-hydrogen) atoms. The number of aliphatic hydroxyl groups excluding tert-OH is 1. The van der Waals surface area contributed by atoms with Gasteiger partial charge in [-0.15, -0.1) is 0 Å². The Morgan fingerprint density at radius 2 is 1.60 bits per heavy atom. The smallest absolute Gasteiger partial charge is 0.272 e. The maximum Gasteiger partial charge on any atom is 0.272 e. The SMILES string of the molecule is CC(C(O)O)S(=O)(=O)O.[Na]. The van der Waals surface area contributed by atoms with Crippen molar-refractivity contribution in [1.82, 2.24) is 0 Å². The Labute approximate surface area is 81.1 Å². The fourth-order valence-electron chi connectivity index (χ4n) is 0.154. The van der Waals surface area contributed by atoms with Crippen LogP contribution in [-0.4, -0.2) is 64.3 Å². The van der Waals surface area contributed by atoms with E-state index in [-0.39, 0.29) is 29.6 Å². The number of hydrogen-bond donors (Lipinski definition) is 3. The molecule has 0 spiro atoms. The van der Waals surface area contributed by atoms with E-state index >= 15 is 0 Å². The van der Waals surface area contributed by atoms with Crippen LogP contribution in [0.25, 0.3) is 0 Å².